The number of alkyl halides is 2. The summed E-state index contributed by atoms with van der Waals surface area (Å²) in [6.45, 7) is 2.79. The standard InChI is InChI=1S/C19H23F2N7O/c1-11-5-19(20,21)10-28(11)18-25-15(12-6-23-17(22)24-7-12)4-16(26-18)27-8-14-3-2-13(27)9-29-14/h4,6-7,11,13-14H,2-3,5,8-10H2,1H3,(H2,22,23,24)/t11-,13+,14+/m1/s1. The van der Waals surface area contributed by atoms with Gasteiger partial charge in [0.05, 0.1) is 31.0 Å². The quantitative estimate of drug-likeness (QED) is 0.833. The molecule has 2 bridgehead atoms. The Labute approximate surface area is 167 Å². The Morgan fingerprint density at radius 1 is 1.17 bits per heavy atom. The number of aromatic nitrogens is 4. The maximum Gasteiger partial charge on any atom is 0.267 e. The highest BCUT2D eigenvalue weighted by Gasteiger charge is 2.44. The molecule has 2 aromatic rings. The number of hydrogen-bond donors (Lipinski definition) is 1. The van der Waals surface area contributed by atoms with E-state index in [9.17, 15) is 8.78 Å². The van der Waals surface area contributed by atoms with Gasteiger partial charge in [-0.05, 0) is 19.8 Å². The van der Waals surface area contributed by atoms with Crippen LogP contribution in [0, 0.1) is 0 Å². The van der Waals surface area contributed by atoms with Crippen LogP contribution >= 0.6 is 0 Å². The third-order valence-corrected chi connectivity index (χ3v) is 5.93. The third kappa shape index (κ3) is 3.45. The predicted octanol–water partition coefficient (Wildman–Crippen LogP) is 2.12. The number of fused-ring (bicyclic) bond motifs is 3. The van der Waals surface area contributed by atoms with Crippen molar-refractivity contribution in [1.29, 1.82) is 0 Å². The Morgan fingerprint density at radius 2 is 1.97 bits per heavy atom. The molecule has 0 unspecified atom stereocenters. The van der Waals surface area contributed by atoms with Gasteiger partial charge < -0.3 is 20.3 Å². The molecule has 10 heteroatoms. The van der Waals surface area contributed by atoms with Crippen molar-refractivity contribution in [2.75, 3.05) is 35.2 Å². The van der Waals surface area contributed by atoms with Gasteiger partial charge in [0.2, 0.25) is 11.9 Å². The fourth-order valence-corrected chi connectivity index (χ4v) is 4.43. The number of rotatable bonds is 3. The first kappa shape index (κ1) is 18.4. The van der Waals surface area contributed by atoms with E-state index < -0.39 is 5.92 Å². The molecule has 4 saturated heterocycles. The summed E-state index contributed by atoms with van der Waals surface area (Å²) in [6, 6.07) is 1.76. The van der Waals surface area contributed by atoms with Crippen LogP contribution in [-0.4, -0.2) is 63.7 Å². The van der Waals surface area contributed by atoms with E-state index >= 15 is 0 Å². The molecule has 8 nitrogen and oxygen atoms in total. The number of halogens is 2. The fourth-order valence-electron chi connectivity index (χ4n) is 4.43. The molecule has 6 heterocycles. The number of nitrogens with zero attached hydrogens (tertiary/aromatic N) is 6. The summed E-state index contributed by atoms with van der Waals surface area (Å²) in [5, 5.41) is 0. The maximum absolute atomic E-state index is 14.0. The summed E-state index contributed by atoms with van der Waals surface area (Å²) < 4.78 is 33.8. The number of anilines is 3. The Hall–Kier alpha value is -2.62. The topological polar surface area (TPSA) is 93.3 Å². The SMILES string of the molecule is C[C@@H]1CC(F)(F)CN1c1nc(-c2cnc(N)nc2)cc(N2C[C@@H]3CC[C@H]2CO3)n1. The van der Waals surface area contributed by atoms with E-state index in [1.54, 1.807) is 24.2 Å². The first-order valence-corrected chi connectivity index (χ1v) is 9.88. The van der Waals surface area contributed by atoms with Crippen LogP contribution in [0.25, 0.3) is 11.3 Å². The van der Waals surface area contributed by atoms with Gasteiger partial charge in [-0.2, -0.15) is 4.98 Å². The minimum absolute atomic E-state index is 0.168. The fraction of sp³-hybridized carbons (Fsp3) is 0.579. The molecule has 2 aromatic heterocycles. The second-order valence-electron chi connectivity index (χ2n) is 8.12. The van der Waals surface area contributed by atoms with Crippen LogP contribution in [0.2, 0.25) is 0 Å². The molecule has 0 saturated carbocycles. The van der Waals surface area contributed by atoms with Crippen molar-refractivity contribution in [2.45, 2.75) is 50.3 Å². The zero-order chi connectivity index (χ0) is 20.2. The molecule has 29 heavy (non-hydrogen) atoms. The molecular weight excluding hydrogens is 380 g/mol. The molecule has 3 atom stereocenters. The second-order valence-corrected chi connectivity index (χ2v) is 8.12. The Balaban J connectivity index is 1.57. The Kier molecular flexibility index (Phi) is 4.27. The lowest BCUT2D eigenvalue weighted by Crippen LogP contribution is -2.55. The van der Waals surface area contributed by atoms with Crippen molar-refractivity contribution in [3.8, 4) is 11.3 Å². The largest absolute Gasteiger partial charge is 0.374 e. The van der Waals surface area contributed by atoms with Crippen LogP contribution in [0.3, 0.4) is 0 Å². The second kappa shape index (κ2) is 6.72. The van der Waals surface area contributed by atoms with Crippen LogP contribution in [-0.2, 0) is 4.74 Å². The van der Waals surface area contributed by atoms with Crippen molar-refractivity contribution in [1.82, 2.24) is 19.9 Å². The molecule has 0 aromatic carbocycles. The van der Waals surface area contributed by atoms with E-state index in [-0.39, 0.29) is 37.1 Å². The number of piperidine rings is 1. The molecule has 4 aliphatic heterocycles. The van der Waals surface area contributed by atoms with Gasteiger partial charge in [0.25, 0.3) is 5.92 Å². The van der Waals surface area contributed by atoms with Gasteiger partial charge in [-0.3, -0.25) is 0 Å². The highest BCUT2D eigenvalue weighted by molar-refractivity contribution is 5.65. The van der Waals surface area contributed by atoms with Crippen LogP contribution in [0.1, 0.15) is 26.2 Å². The number of ether oxygens (including phenoxy) is 1. The molecule has 0 radical (unpaired) electrons. The average Bonchev–Trinajstić information content (AvgIpc) is 3.01. The summed E-state index contributed by atoms with van der Waals surface area (Å²) in [4.78, 5) is 21.2. The van der Waals surface area contributed by atoms with E-state index in [0.717, 1.165) is 25.2 Å². The molecule has 6 rings (SSSR count). The van der Waals surface area contributed by atoms with Crippen LogP contribution in [0.5, 0.6) is 0 Å². The van der Waals surface area contributed by atoms with Crippen LogP contribution < -0.4 is 15.5 Å². The Morgan fingerprint density at radius 3 is 2.55 bits per heavy atom. The molecule has 0 aliphatic carbocycles. The average molecular weight is 403 g/mol. The first-order chi connectivity index (χ1) is 13.9. The molecule has 0 spiro atoms. The summed E-state index contributed by atoms with van der Waals surface area (Å²) in [5.41, 5.74) is 6.86. The zero-order valence-corrected chi connectivity index (χ0v) is 16.1. The van der Waals surface area contributed by atoms with Gasteiger partial charge in [0, 0.05) is 43.0 Å². The van der Waals surface area contributed by atoms with E-state index in [0.29, 0.717) is 23.8 Å². The summed E-state index contributed by atoms with van der Waals surface area (Å²) in [5.74, 6) is -1.55. The maximum atomic E-state index is 14.0. The lowest BCUT2D eigenvalue weighted by Gasteiger charge is -2.45. The molecule has 0 amide bonds. The zero-order valence-electron chi connectivity index (χ0n) is 16.1. The van der Waals surface area contributed by atoms with Gasteiger partial charge >= 0.3 is 0 Å². The predicted molar refractivity (Wildman–Crippen MR) is 104 cm³/mol. The minimum atomic E-state index is -2.75. The number of nitrogen functional groups attached to an aromatic ring is 1. The highest BCUT2D eigenvalue weighted by Crippen LogP contribution is 2.37. The lowest BCUT2D eigenvalue weighted by molar-refractivity contribution is -0.0228. The molecule has 4 fully saturated rings. The van der Waals surface area contributed by atoms with Crippen molar-refractivity contribution in [2.24, 2.45) is 0 Å². The van der Waals surface area contributed by atoms with Crippen molar-refractivity contribution in [3.63, 3.8) is 0 Å². The van der Waals surface area contributed by atoms with Crippen LogP contribution in [0.15, 0.2) is 18.5 Å². The summed E-state index contributed by atoms with van der Waals surface area (Å²) in [7, 11) is 0. The smallest absolute Gasteiger partial charge is 0.267 e. The normalized spacial score (nSPS) is 28.2. The van der Waals surface area contributed by atoms with Crippen molar-refractivity contribution in [3.05, 3.63) is 18.5 Å². The van der Waals surface area contributed by atoms with Crippen molar-refractivity contribution < 1.29 is 13.5 Å². The highest BCUT2D eigenvalue weighted by atomic mass is 19.3. The van der Waals surface area contributed by atoms with Crippen molar-refractivity contribution >= 4 is 17.7 Å². The van der Waals surface area contributed by atoms with Gasteiger partial charge in [-0.25, -0.2) is 23.7 Å². The third-order valence-electron chi connectivity index (χ3n) is 5.93. The van der Waals surface area contributed by atoms with Gasteiger partial charge in [0.15, 0.2) is 0 Å². The lowest BCUT2D eigenvalue weighted by atomic mass is 9.97. The van der Waals surface area contributed by atoms with E-state index in [2.05, 4.69) is 19.9 Å². The first-order valence-electron chi connectivity index (χ1n) is 9.88. The van der Waals surface area contributed by atoms with E-state index in [1.807, 2.05) is 6.07 Å². The molecule has 4 aliphatic rings. The molecule has 154 valence electrons. The molecular formula is C19H23F2N7O. The monoisotopic (exact) mass is 403 g/mol. The Bertz CT molecular complexity index is 882. The van der Waals surface area contributed by atoms with Gasteiger partial charge in [0.1, 0.15) is 5.82 Å². The molecule has 2 N–H and O–H groups in total. The number of hydrogen-bond acceptors (Lipinski definition) is 8. The van der Waals surface area contributed by atoms with Crippen LogP contribution in [0.4, 0.5) is 26.5 Å². The summed E-state index contributed by atoms with van der Waals surface area (Å²) in [6.07, 6.45) is 5.22. The minimum Gasteiger partial charge on any atom is -0.374 e. The van der Waals surface area contributed by atoms with E-state index in [1.165, 1.54) is 0 Å². The van der Waals surface area contributed by atoms with E-state index in [4.69, 9.17) is 15.5 Å². The number of nitrogens with two attached hydrogens (primary N) is 1. The van der Waals surface area contributed by atoms with Gasteiger partial charge in [-0.1, -0.05) is 0 Å². The number of morpholine rings is 1. The van der Waals surface area contributed by atoms with Gasteiger partial charge in [-0.15, -0.1) is 0 Å². The summed E-state index contributed by atoms with van der Waals surface area (Å²) >= 11 is 0.